The first kappa shape index (κ1) is 7.53. The molecule has 11 heavy (non-hydrogen) atoms. The number of hydrogen-bond donors (Lipinski definition) is 0. The highest BCUT2D eigenvalue weighted by molar-refractivity contribution is 5.04. The summed E-state index contributed by atoms with van der Waals surface area (Å²) in [5.74, 6) is 0.336. The average molecular weight is 157 g/mol. The lowest BCUT2D eigenvalue weighted by molar-refractivity contribution is 0.204. The van der Waals surface area contributed by atoms with Crippen molar-refractivity contribution in [2.24, 2.45) is 5.92 Å². The summed E-state index contributed by atoms with van der Waals surface area (Å²) in [6.07, 6.45) is 2.70. The molecule has 2 atom stereocenters. The Morgan fingerprint density at radius 1 is 1.45 bits per heavy atom. The minimum absolute atomic E-state index is 0.336. The van der Waals surface area contributed by atoms with E-state index >= 15 is 0 Å². The number of alkyl halides is 1. The number of nitrogens with zero attached hydrogens (tertiary/aromatic N) is 1. The van der Waals surface area contributed by atoms with E-state index in [-0.39, 0.29) is 0 Å². The van der Waals surface area contributed by atoms with Gasteiger partial charge in [0.15, 0.2) is 0 Å². The van der Waals surface area contributed by atoms with E-state index in [1.807, 2.05) is 0 Å². The van der Waals surface area contributed by atoms with Gasteiger partial charge in [0.05, 0.1) is 0 Å². The summed E-state index contributed by atoms with van der Waals surface area (Å²) in [5, 5.41) is 0. The van der Waals surface area contributed by atoms with Crippen LogP contribution in [-0.2, 0) is 0 Å². The van der Waals surface area contributed by atoms with Gasteiger partial charge < -0.3 is 4.90 Å². The van der Waals surface area contributed by atoms with E-state index in [4.69, 9.17) is 0 Å². The van der Waals surface area contributed by atoms with Gasteiger partial charge in [0.2, 0.25) is 0 Å². The number of likely N-dealkylation sites (tertiary alicyclic amines) is 1. The highest BCUT2D eigenvalue weighted by Crippen LogP contribution is 2.50. The van der Waals surface area contributed by atoms with Crippen LogP contribution in [0.4, 0.5) is 4.39 Å². The van der Waals surface area contributed by atoms with Crippen molar-refractivity contribution in [3.63, 3.8) is 0 Å². The molecule has 1 aliphatic heterocycles. The second-order valence-corrected chi connectivity index (χ2v) is 4.26. The van der Waals surface area contributed by atoms with Crippen molar-refractivity contribution in [3.05, 3.63) is 0 Å². The second kappa shape index (κ2) is 2.19. The molecule has 2 fully saturated rings. The molecule has 0 radical (unpaired) electrons. The number of hydrogen-bond acceptors (Lipinski definition) is 1. The summed E-state index contributed by atoms with van der Waals surface area (Å²) in [5.41, 5.74) is -0.751. The molecule has 0 amide bonds. The van der Waals surface area contributed by atoms with Gasteiger partial charge in [-0.1, -0.05) is 0 Å². The van der Waals surface area contributed by atoms with Crippen LogP contribution >= 0.6 is 0 Å². The van der Waals surface area contributed by atoms with E-state index in [2.05, 4.69) is 18.9 Å². The van der Waals surface area contributed by atoms with Gasteiger partial charge in [-0.05, 0) is 33.2 Å². The fraction of sp³-hybridized carbons (Fsp3) is 1.00. The lowest BCUT2D eigenvalue weighted by Crippen LogP contribution is -2.23. The first-order valence-corrected chi connectivity index (χ1v) is 4.51. The van der Waals surface area contributed by atoms with Crippen LogP contribution in [0.15, 0.2) is 0 Å². The lowest BCUT2D eigenvalue weighted by Gasteiger charge is -2.13. The van der Waals surface area contributed by atoms with Crippen LogP contribution in [0.5, 0.6) is 0 Å². The zero-order valence-corrected chi connectivity index (χ0v) is 7.31. The lowest BCUT2D eigenvalue weighted by atomic mass is 9.99. The molecule has 1 nitrogen and oxygen atoms in total. The third-order valence-corrected chi connectivity index (χ3v) is 3.35. The predicted octanol–water partition coefficient (Wildman–Crippen LogP) is 1.83. The van der Waals surface area contributed by atoms with Gasteiger partial charge in [-0.15, -0.1) is 0 Å². The van der Waals surface area contributed by atoms with E-state index in [1.54, 1.807) is 0 Å². The molecule has 1 aliphatic carbocycles. The highest BCUT2D eigenvalue weighted by Gasteiger charge is 2.52. The molecule has 0 spiro atoms. The van der Waals surface area contributed by atoms with E-state index in [0.717, 1.165) is 25.8 Å². The Balaban J connectivity index is 1.98. The second-order valence-electron chi connectivity index (χ2n) is 4.26. The molecule has 0 N–H and O–H groups in total. The molecule has 2 unspecified atom stereocenters. The molecule has 2 aliphatic rings. The Morgan fingerprint density at radius 2 is 2.09 bits per heavy atom. The molecule has 2 rings (SSSR count). The van der Waals surface area contributed by atoms with Crippen molar-refractivity contribution >= 4 is 0 Å². The van der Waals surface area contributed by atoms with Gasteiger partial charge in [-0.2, -0.15) is 0 Å². The van der Waals surface area contributed by atoms with Crippen molar-refractivity contribution < 1.29 is 4.39 Å². The van der Waals surface area contributed by atoms with Gasteiger partial charge in [-0.25, -0.2) is 4.39 Å². The molecule has 0 aromatic carbocycles. The Kier molecular flexibility index (Phi) is 1.50. The fourth-order valence-electron chi connectivity index (χ4n) is 2.10. The maximum Gasteiger partial charge on any atom is 0.115 e. The molecular weight excluding hydrogens is 141 g/mol. The molecule has 0 aromatic heterocycles. The topological polar surface area (TPSA) is 3.24 Å². The van der Waals surface area contributed by atoms with Crippen LogP contribution in [0, 0.1) is 5.92 Å². The summed E-state index contributed by atoms with van der Waals surface area (Å²) in [6.45, 7) is 3.16. The van der Waals surface area contributed by atoms with Crippen molar-refractivity contribution in [1.29, 1.82) is 0 Å². The van der Waals surface area contributed by atoms with Gasteiger partial charge in [-0.3, -0.25) is 0 Å². The summed E-state index contributed by atoms with van der Waals surface area (Å²) in [6, 6.07) is 0.591. The first-order valence-electron chi connectivity index (χ1n) is 4.51. The Morgan fingerprint density at radius 3 is 2.45 bits per heavy atom. The van der Waals surface area contributed by atoms with E-state index in [9.17, 15) is 4.39 Å². The zero-order valence-electron chi connectivity index (χ0n) is 7.31. The molecule has 0 aromatic rings. The predicted molar refractivity (Wildman–Crippen MR) is 43.3 cm³/mol. The van der Waals surface area contributed by atoms with Crippen LogP contribution in [0.2, 0.25) is 0 Å². The average Bonchev–Trinajstić information content (AvgIpc) is 2.59. The molecule has 0 bridgehead atoms. The maximum absolute atomic E-state index is 13.5. The van der Waals surface area contributed by atoms with E-state index in [1.165, 1.54) is 0 Å². The van der Waals surface area contributed by atoms with Crippen LogP contribution in [-0.4, -0.2) is 30.2 Å². The Labute approximate surface area is 67.6 Å². The monoisotopic (exact) mass is 157 g/mol. The summed E-state index contributed by atoms with van der Waals surface area (Å²) >= 11 is 0. The highest BCUT2D eigenvalue weighted by atomic mass is 19.1. The summed E-state index contributed by atoms with van der Waals surface area (Å²) in [7, 11) is 2.09. The smallest absolute Gasteiger partial charge is 0.115 e. The van der Waals surface area contributed by atoms with Gasteiger partial charge in [0.25, 0.3) is 0 Å². The molecule has 1 saturated heterocycles. The molecular formula is C9H16FN. The summed E-state index contributed by atoms with van der Waals surface area (Å²) < 4.78 is 13.5. The van der Waals surface area contributed by atoms with Crippen LogP contribution in [0.1, 0.15) is 26.2 Å². The molecule has 1 heterocycles. The van der Waals surface area contributed by atoms with E-state index in [0.29, 0.717) is 12.0 Å². The largest absolute Gasteiger partial charge is 0.303 e. The SMILES string of the molecule is CC1CC(C2(F)CC2)CN1C. The minimum Gasteiger partial charge on any atom is -0.303 e. The fourth-order valence-corrected chi connectivity index (χ4v) is 2.10. The Bertz CT molecular complexity index is 155. The van der Waals surface area contributed by atoms with E-state index < -0.39 is 5.67 Å². The maximum atomic E-state index is 13.5. The third-order valence-electron chi connectivity index (χ3n) is 3.35. The van der Waals surface area contributed by atoms with Crippen molar-refractivity contribution in [3.8, 4) is 0 Å². The van der Waals surface area contributed by atoms with Gasteiger partial charge >= 0.3 is 0 Å². The number of halogens is 1. The van der Waals surface area contributed by atoms with Crippen molar-refractivity contribution in [1.82, 2.24) is 4.90 Å². The quantitative estimate of drug-likeness (QED) is 0.561. The van der Waals surface area contributed by atoms with Crippen LogP contribution in [0.3, 0.4) is 0 Å². The third kappa shape index (κ3) is 1.18. The normalized spacial score (nSPS) is 42.8. The molecule has 2 heteroatoms. The Hall–Kier alpha value is -0.110. The first-order chi connectivity index (χ1) is 5.12. The molecule has 1 saturated carbocycles. The number of rotatable bonds is 1. The van der Waals surface area contributed by atoms with Crippen molar-refractivity contribution in [2.45, 2.75) is 37.9 Å². The minimum atomic E-state index is -0.751. The van der Waals surface area contributed by atoms with Gasteiger partial charge in [0, 0.05) is 18.5 Å². The van der Waals surface area contributed by atoms with Gasteiger partial charge in [0.1, 0.15) is 5.67 Å². The summed E-state index contributed by atoms with van der Waals surface area (Å²) in [4.78, 5) is 2.27. The standard InChI is InChI=1S/C9H16FN/c1-7-5-8(6-11(7)2)9(10)3-4-9/h7-8H,3-6H2,1-2H3. The molecule has 64 valence electrons. The van der Waals surface area contributed by atoms with Crippen molar-refractivity contribution in [2.75, 3.05) is 13.6 Å². The van der Waals surface area contributed by atoms with Crippen LogP contribution in [0.25, 0.3) is 0 Å². The van der Waals surface area contributed by atoms with Crippen LogP contribution < -0.4 is 0 Å². The zero-order chi connectivity index (χ0) is 8.06.